The minimum absolute atomic E-state index is 0.578. The van der Waals surface area contributed by atoms with E-state index in [1.54, 1.807) is 29.7 Å². The van der Waals surface area contributed by atoms with Gasteiger partial charge in [-0.3, -0.25) is 0 Å². The molecule has 0 N–H and O–H groups in total. The molecule has 0 unspecified atom stereocenters. The molecule has 0 saturated carbocycles. The van der Waals surface area contributed by atoms with E-state index in [9.17, 15) is 5.26 Å². The van der Waals surface area contributed by atoms with E-state index in [0.717, 1.165) is 32.4 Å². The zero-order chi connectivity index (χ0) is 17.9. The third kappa shape index (κ3) is 3.00. The van der Waals surface area contributed by atoms with Gasteiger partial charge in [0.05, 0.1) is 29.0 Å². The van der Waals surface area contributed by atoms with Crippen LogP contribution >= 0.6 is 22.7 Å². The van der Waals surface area contributed by atoms with E-state index in [1.807, 2.05) is 41.1 Å². The van der Waals surface area contributed by atoms with E-state index >= 15 is 0 Å². The lowest BCUT2D eigenvalue weighted by atomic mass is 10.0. The zero-order valence-electron chi connectivity index (χ0n) is 13.4. The van der Waals surface area contributed by atoms with Gasteiger partial charge in [0.1, 0.15) is 10.0 Å². The van der Waals surface area contributed by atoms with Crippen molar-refractivity contribution in [2.24, 2.45) is 0 Å². The molecule has 0 fully saturated rings. The van der Waals surface area contributed by atoms with Gasteiger partial charge in [0.15, 0.2) is 0 Å². The van der Waals surface area contributed by atoms with E-state index in [2.05, 4.69) is 22.1 Å². The number of thiazole rings is 2. The third-order valence-electron chi connectivity index (χ3n) is 3.86. The van der Waals surface area contributed by atoms with Crippen molar-refractivity contribution in [2.75, 3.05) is 0 Å². The highest BCUT2D eigenvalue weighted by atomic mass is 32.1. The highest BCUT2D eigenvalue weighted by molar-refractivity contribution is 7.13. The fourth-order valence-electron chi connectivity index (χ4n) is 2.58. The first-order valence-electron chi connectivity index (χ1n) is 7.69. The first kappa shape index (κ1) is 16.2. The summed E-state index contributed by atoms with van der Waals surface area (Å²) < 4.78 is 0. The van der Waals surface area contributed by atoms with Crippen LogP contribution in [0.1, 0.15) is 11.1 Å². The first-order valence-corrected chi connectivity index (χ1v) is 9.45. The van der Waals surface area contributed by atoms with E-state index < -0.39 is 0 Å². The van der Waals surface area contributed by atoms with Crippen molar-refractivity contribution < 1.29 is 0 Å². The summed E-state index contributed by atoms with van der Waals surface area (Å²) in [6.07, 6.45) is 1.75. The van der Waals surface area contributed by atoms with Gasteiger partial charge in [0.2, 0.25) is 0 Å². The van der Waals surface area contributed by atoms with Gasteiger partial charge in [-0.05, 0) is 18.2 Å². The molecule has 0 atom stereocenters. The summed E-state index contributed by atoms with van der Waals surface area (Å²) in [5.41, 5.74) is 4.67. The molecular formula is C20H10N4S2. The monoisotopic (exact) mass is 370 g/mol. The molecule has 4 nitrogen and oxygen atoms in total. The average Bonchev–Trinajstić information content (AvgIpc) is 3.40. The maximum atomic E-state index is 9.56. The summed E-state index contributed by atoms with van der Waals surface area (Å²) in [4.78, 5) is 8.97. The Labute approximate surface area is 158 Å². The van der Waals surface area contributed by atoms with Crippen LogP contribution < -0.4 is 0 Å². The van der Waals surface area contributed by atoms with Crippen LogP contribution in [0.2, 0.25) is 0 Å². The third-order valence-corrected chi connectivity index (χ3v) is 5.57. The second kappa shape index (κ2) is 6.89. The van der Waals surface area contributed by atoms with Crippen LogP contribution in [0, 0.1) is 22.7 Å². The average molecular weight is 370 g/mol. The van der Waals surface area contributed by atoms with Crippen LogP contribution in [0.5, 0.6) is 0 Å². The summed E-state index contributed by atoms with van der Waals surface area (Å²) >= 11 is 3.06. The smallest absolute Gasteiger partial charge is 0.124 e. The van der Waals surface area contributed by atoms with Crippen LogP contribution in [-0.4, -0.2) is 9.97 Å². The minimum atomic E-state index is 0.578. The van der Waals surface area contributed by atoms with Gasteiger partial charge in [-0.2, -0.15) is 10.5 Å². The van der Waals surface area contributed by atoms with Crippen molar-refractivity contribution in [3.05, 3.63) is 70.5 Å². The SMILES string of the molecule is N#Cc1ccc(-c2nc(-c3ccc(-c4nccs4)cc3C#N)cs2)cc1. The standard InChI is InChI=1S/C20H10N4S2/c21-10-13-1-3-14(4-2-13)20-24-18(12-26-20)17-6-5-15(9-16(17)11-22)19-23-7-8-25-19/h1-9,12H. The lowest BCUT2D eigenvalue weighted by molar-refractivity contribution is 1.37. The topological polar surface area (TPSA) is 73.4 Å². The Morgan fingerprint density at radius 2 is 1.65 bits per heavy atom. The van der Waals surface area contributed by atoms with Crippen molar-refractivity contribution in [2.45, 2.75) is 0 Å². The number of benzene rings is 2. The molecule has 4 aromatic rings. The normalized spacial score (nSPS) is 10.2. The Morgan fingerprint density at radius 1 is 0.846 bits per heavy atom. The van der Waals surface area contributed by atoms with E-state index in [0.29, 0.717) is 11.1 Å². The molecular weight excluding hydrogens is 360 g/mol. The predicted molar refractivity (Wildman–Crippen MR) is 104 cm³/mol. The number of rotatable bonds is 3. The summed E-state index contributed by atoms with van der Waals surface area (Å²) in [6.45, 7) is 0. The van der Waals surface area contributed by atoms with Crippen molar-refractivity contribution in [1.29, 1.82) is 10.5 Å². The number of hydrogen-bond acceptors (Lipinski definition) is 6. The fourth-order valence-corrected chi connectivity index (χ4v) is 4.04. The van der Waals surface area contributed by atoms with Crippen LogP contribution in [0.4, 0.5) is 0 Å². The van der Waals surface area contributed by atoms with E-state index in [4.69, 9.17) is 5.26 Å². The van der Waals surface area contributed by atoms with Crippen LogP contribution in [0.25, 0.3) is 32.4 Å². The minimum Gasteiger partial charge on any atom is -0.245 e. The maximum absolute atomic E-state index is 9.56. The highest BCUT2D eigenvalue weighted by Crippen LogP contribution is 2.33. The summed E-state index contributed by atoms with van der Waals surface area (Å²) in [6, 6.07) is 17.5. The number of aromatic nitrogens is 2. The molecule has 0 aliphatic heterocycles. The molecule has 6 heteroatoms. The molecule has 0 aliphatic carbocycles. The Hall–Kier alpha value is -3.32. The highest BCUT2D eigenvalue weighted by Gasteiger charge is 2.12. The molecule has 26 heavy (non-hydrogen) atoms. The van der Waals surface area contributed by atoms with Crippen molar-refractivity contribution >= 4 is 22.7 Å². The van der Waals surface area contributed by atoms with Crippen LogP contribution in [-0.2, 0) is 0 Å². The molecule has 0 aliphatic rings. The van der Waals surface area contributed by atoms with E-state index in [-0.39, 0.29) is 0 Å². The molecule has 4 rings (SSSR count). The van der Waals surface area contributed by atoms with Crippen LogP contribution in [0.3, 0.4) is 0 Å². The zero-order valence-corrected chi connectivity index (χ0v) is 15.0. The van der Waals surface area contributed by atoms with Crippen LogP contribution in [0.15, 0.2) is 59.4 Å². The van der Waals surface area contributed by atoms with Gasteiger partial charge in [0, 0.05) is 33.6 Å². The van der Waals surface area contributed by atoms with Gasteiger partial charge in [-0.15, -0.1) is 22.7 Å². The van der Waals surface area contributed by atoms with Crippen molar-refractivity contribution in [3.63, 3.8) is 0 Å². The summed E-state index contributed by atoms with van der Waals surface area (Å²) in [5.74, 6) is 0. The predicted octanol–water partition coefficient (Wildman–Crippen LogP) is 5.34. The molecule has 0 amide bonds. The Morgan fingerprint density at radius 3 is 2.35 bits per heavy atom. The van der Waals surface area contributed by atoms with Crippen molar-refractivity contribution in [3.8, 4) is 44.5 Å². The van der Waals surface area contributed by atoms with Gasteiger partial charge < -0.3 is 0 Å². The number of hydrogen-bond donors (Lipinski definition) is 0. The Bertz CT molecular complexity index is 1140. The van der Waals surface area contributed by atoms with Crippen molar-refractivity contribution in [1.82, 2.24) is 9.97 Å². The molecule has 0 radical (unpaired) electrons. The second-order valence-corrected chi connectivity index (χ2v) is 7.19. The lowest BCUT2D eigenvalue weighted by Gasteiger charge is -2.03. The maximum Gasteiger partial charge on any atom is 0.124 e. The molecule has 2 heterocycles. The lowest BCUT2D eigenvalue weighted by Crippen LogP contribution is -1.87. The van der Waals surface area contributed by atoms with Gasteiger partial charge in [-0.1, -0.05) is 24.3 Å². The molecule has 122 valence electrons. The molecule has 2 aromatic heterocycles. The second-order valence-electron chi connectivity index (χ2n) is 5.44. The van der Waals surface area contributed by atoms with Gasteiger partial charge in [-0.25, -0.2) is 9.97 Å². The number of nitrogens with zero attached hydrogens (tertiary/aromatic N) is 4. The molecule has 0 spiro atoms. The van der Waals surface area contributed by atoms with Gasteiger partial charge >= 0.3 is 0 Å². The Kier molecular flexibility index (Phi) is 4.28. The Balaban J connectivity index is 1.71. The quantitative estimate of drug-likeness (QED) is 0.487. The first-order chi connectivity index (χ1) is 12.8. The number of nitriles is 2. The molecule has 0 bridgehead atoms. The fraction of sp³-hybridized carbons (Fsp3) is 0. The largest absolute Gasteiger partial charge is 0.245 e. The molecule has 0 saturated heterocycles. The van der Waals surface area contributed by atoms with E-state index in [1.165, 1.54) is 11.3 Å². The molecule has 2 aromatic carbocycles. The summed E-state index contributed by atoms with van der Waals surface area (Å²) in [5, 5.41) is 24.1. The van der Waals surface area contributed by atoms with Gasteiger partial charge in [0.25, 0.3) is 0 Å². The summed E-state index contributed by atoms with van der Waals surface area (Å²) in [7, 11) is 0.